The average molecular weight is 209 g/mol. The van der Waals surface area contributed by atoms with Gasteiger partial charge in [0.15, 0.2) is 0 Å². The Morgan fingerprint density at radius 1 is 1.47 bits per heavy atom. The van der Waals surface area contributed by atoms with Crippen molar-refractivity contribution >= 4 is 5.82 Å². The predicted octanol–water partition coefficient (Wildman–Crippen LogP) is 0.400. The lowest BCUT2D eigenvalue weighted by atomic mass is 9.96. The number of aromatic nitrogens is 1. The lowest BCUT2D eigenvalue weighted by molar-refractivity contribution is 0.208. The van der Waals surface area contributed by atoms with E-state index in [-0.39, 0.29) is 6.61 Å². The van der Waals surface area contributed by atoms with Crippen molar-refractivity contribution in [3.63, 3.8) is 0 Å². The second-order valence-electron chi connectivity index (χ2n) is 4.41. The van der Waals surface area contributed by atoms with Gasteiger partial charge in [-0.1, -0.05) is 6.07 Å². The molecule has 0 saturated heterocycles. The molecule has 4 heteroatoms. The summed E-state index contributed by atoms with van der Waals surface area (Å²) in [4.78, 5) is 6.23. The second-order valence-corrected chi connectivity index (χ2v) is 4.41. The van der Waals surface area contributed by atoms with Crippen LogP contribution in [-0.2, 0) is 6.42 Å². The molecule has 84 valence electrons. The number of aliphatic hydroxyl groups excluding tert-OH is 1. The van der Waals surface area contributed by atoms with Crippen molar-refractivity contribution in [1.82, 2.24) is 4.98 Å². The molecule has 3 N–H and O–H groups in total. The fourth-order valence-corrected chi connectivity index (χ4v) is 1.31. The number of pyridine rings is 1. The van der Waals surface area contributed by atoms with Gasteiger partial charge in [0.1, 0.15) is 5.82 Å². The first-order valence-electron chi connectivity index (χ1n) is 4.96. The summed E-state index contributed by atoms with van der Waals surface area (Å²) in [7, 11) is 3.89. The van der Waals surface area contributed by atoms with E-state index in [1.165, 1.54) is 0 Å². The third kappa shape index (κ3) is 3.49. The summed E-state index contributed by atoms with van der Waals surface area (Å²) in [5.74, 6) is 0.918. The van der Waals surface area contributed by atoms with Crippen LogP contribution in [0.15, 0.2) is 18.3 Å². The van der Waals surface area contributed by atoms with Crippen LogP contribution in [-0.4, -0.2) is 36.3 Å². The molecule has 1 rings (SSSR count). The Balaban J connectivity index is 2.73. The minimum Gasteiger partial charge on any atom is -0.394 e. The van der Waals surface area contributed by atoms with E-state index in [2.05, 4.69) is 4.98 Å². The summed E-state index contributed by atoms with van der Waals surface area (Å²) in [5.41, 5.74) is 6.33. The smallest absolute Gasteiger partial charge is 0.127 e. The topological polar surface area (TPSA) is 62.4 Å². The zero-order valence-corrected chi connectivity index (χ0v) is 9.57. The highest BCUT2D eigenvalue weighted by Crippen LogP contribution is 2.12. The van der Waals surface area contributed by atoms with Crippen molar-refractivity contribution in [2.75, 3.05) is 25.6 Å². The van der Waals surface area contributed by atoms with Gasteiger partial charge in [-0.2, -0.15) is 0 Å². The molecule has 4 nitrogen and oxygen atoms in total. The lowest BCUT2D eigenvalue weighted by Crippen LogP contribution is -2.42. The first kappa shape index (κ1) is 11.9. The summed E-state index contributed by atoms with van der Waals surface area (Å²) in [6.07, 6.45) is 2.43. The van der Waals surface area contributed by atoms with Crippen LogP contribution in [0.1, 0.15) is 12.5 Å². The Bertz CT molecular complexity index is 306. The highest BCUT2D eigenvalue weighted by molar-refractivity contribution is 5.37. The van der Waals surface area contributed by atoms with E-state index >= 15 is 0 Å². The van der Waals surface area contributed by atoms with E-state index in [1.807, 2.05) is 38.1 Å². The van der Waals surface area contributed by atoms with Gasteiger partial charge in [-0.25, -0.2) is 4.98 Å². The Morgan fingerprint density at radius 2 is 2.13 bits per heavy atom. The molecule has 1 heterocycles. The number of nitrogens with two attached hydrogens (primary N) is 1. The fourth-order valence-electron chi connectivity index (χ4n) is 1.31. The van der Waals surface area contributed by atoms with Gasteiger partial charge in [0, 0.05) is 25.8 Å². The quantitative estimate of drug-likeness (QED) is 0.753. The summed E-state index contributed by atoms with van der Waals surface area (Å²) in [6.45, 7) is 1.80. The normalized spacial score (nSPS) is 14.7. The maximum absolute atomic E-state index is 9.04. The molecule has 0 radical (unpaired) electrons. The molecule has 0 spiro atoms. The molecule has 1 unspecified atom stereocenters. The molecule has 0 bridgehead atoms. The standard InChI is InChI=1S/C11H19N3O/c1-11(12,8-15)6-9-4-5-10(13-7-9)14(2)3/h4-5,7,15H,6,8,12H2,1-3H3. The molecule has 0 amide bonds. The molecular formula is C11H19N3O. The fraction of sp³-hybridized carbons (Fsp3) is 0.545. The van der Waals surface area contributed by atoms with Crippen molar-refractivity contribution in [3.8, 4) is 0 Å². The lowest BCUT2D eigenvalue weighted by Gasteiger charge is -2.21. The maximum Gasteiger partial charge on any atom is 0.127 e. The first-order valence-corrected chi connectivity index (χ1v) is 4.96. The summed E-state index contributed by atoms with van der Waals surface area (Å²) in [5, 5.41) is 9.04. The third-order valence-electron chi connectivity index (χ3n) is 2.24. The Morgan fingerprint density at radius 3 is 2.53 bits per heavy atom. The molecule has 0 aliphatic rings. The minimum absolute atomic E-state index is 0.0254. The Labute approximate surface area is 90.7 Å². The van der Waals surface area contributed by atoms with E-state index in [4.69, 9.17) is 10.8 Å². The van der Waals surface area contributed by atoms with Crippen LogP contribution in [0.25, 0.3) is 0 Å². The minimum atomic E-state index is -0.568. The number of hydrogen-bond acceptors (Lipinski definition) is 4. The molecule has 1 aromatic rings. The number of rotatable bonds is 4. The highest BCUT2D eigenvalue weighted by atomic mass is 16.3. The summed E-state index contributed by atoms with van der Waals surface area (Å²) in [6, 6.07) is 3.94. The largest absolute Gasteiger partial charge is 0.394 e. The van der Waals surface area contributed by atoms with Gasteiger partial charge in [-0.15, -0.1) is 0 Å². The Hall–Kier alpha value is -1.13. The van der Waals surface area contributed by atoms with Crippen molar-refractivity contribution in [2.24, 2.45) is 5.73 Å². The van der Waals surface area contributed by atoms with Crippen LogP contribution in [0.3, 0.4) is 0 Å². The zero-order chi connectivity index (χ0) is 11.5. The Kier molecular flexibility index (Phi) is 3.66. The number of nitrogens with zero attached hydrogens (tertiary/aromatic N) is 2. The van der Waals surface area contributed by atoms with Gasteiger partial charge in [-0.05, 0) is 25.0 Å². The van der Waals surface area contributed by atoms with Crippen molar-refractivity contribution < 1.29 is 5.11 Å². The molecule has 1 aromatic heterocycles. The summed E-state index contributed by atoms with van der Waals surface area (Å²) < 4.78 is 0. The molecule has 0 aromatic carbocycles. The monoisotopic (exact) mass is 209 g/mol. The number of hydrogen-bond donors (Lipinski definition) is 2. The maximum atomic E-state index is 9.04. The van der Waals surface area contributed by atoms with E-state index in [1.54, 1.807) is 6.20 Å². The highest BCUT2D eigenvalue weighted by Gasteiger charge is 2.17. The molecule has 0 saturated carbocycles. The molecular weight excluding hydrogens is 190 g/mol. The van der Waals surface area contributed by atoms with E-state index < -0.39 is 5.54 Å². The van der Waals surface area contributed by atoms with Crippen LogP contribution >= 0.6 is 0 Å². The molecule has 0 fully saturated rings. The second kappa shape index (κ2) is 4.59. The number of aliphatic hydroxyl groups is 1. The third-order valence-corrected chi connectivity index (χ3v) is 2.24. The molecule has 15 heavy (non-hydrogen) atoms. The predicted molar refractivity (Wildman–Crippen MR) is 61.9 cm³/mol. The van der Waals surface area contributed by atoms with Gasteiger partial charge in [0.05, 0.1) is 6.61 Å². The van der Waals surface area contributed by atoms with Crippen LogP contribution < -0.4 is 10.6 Å². The first-order chi connectivity index (χ1) is 6.94. The van der Waals surface area contributed by atoms with E-state index in [0.717, 1.165) is 11.4 Å². The van der Waals surface area contributed by atoms with Gasteiger partial charge in [-0.3, -0.25) is 0 Å². The zero-order valence-electron chi connectivity index (χ0n) is 9.57. The molecule has 0 aliphatic heterocycles. The van der Waals surface area contributed by atoms with Gasteiger partial charge >= 0.3 is 0 Å². The molecule has 0 aliphatic carbocycles. The van der Waals surface area contributed by atoms with E-state index in [0.29, 0.717) is 6.42 Å². The van der Waals surface area contributed by atoms with Crippen LogP contribution in [0.2, 0.25) is 0 Å². The van der Waals surface area contributed by atoms with Crippen molar-refractivity contribution in [3.05, 3.63) is 23.9 Å². The summed E-state index contributed by atoms with van der Waals surface area (Å²) >= 11 is 0. The van der Waals surface area contributed by atoms with Crippen molar-refractivity contribution in [2.45, 2.75) is 18.9 Å². The van der Waals surface area contributed by atoms with E-state index in [9.17, 15) is 0 Å². The van der Waals surface area contributed by atoms with Gasteiger partial charge in [0.25, 0.3) is 0 Å². The average Bonchev–Trinajstić information content (AvgIpc) is 2.18. The molecule has 1 atom stereocenters. The van der Waals surface area contributed by atoms with Crippen LogP contribution in [0.4, 0.5) is 5.82 Å². The van der Waals surface area contributed by atoms with Crippen LogP contribution in [0, 0.1) is 0 Å². The van der Waals surface area contributed by atoms with Gasteiger partial charge < -0.3 is 15.7 Å². The SMILES string of the molecule is CN(C)c1ccc(CC(C)(N)CO)cn1. The van der Waals surface area contributed by atoms with Crippen molar-refractivity contribution in [1.29, 1.82) is 0 Å². The number of anilines is 1. The van der Waals surface area contributed by atoms with Gasteiger partial charge in [0.2, 0.25) is 0 Å². The van der Waals surface area contributed by atoms with Crippen LogP contribution in [0.5, 0.6) is 0 Å².